The maximum atomic E-state index is 10.5. The molecule has 0 aliphatic rings. The van der Waals surface area contributed by atoms with Crippen molar-refractivity contribution in [1.82, 2.24) is 4.90 Å². The van der Waals surface area contributed by atoms with Crippen molar-refractivity contribution >= 4 is 12.0 Å². The van der Waals surface area contributed by atoms with Gasteiger partial charge in [0, 0.05) is 19.2 Å². The summed E-state index contributed by atoms with van der Waals surface area (Å²) < 4.78 is 0. The van der Waals surface area contributed by atoms with Gasteiger partial charge in [-0.15, -0.1) is 0 Å². The standard InChI is InChI=1S/C15H21NO3/c1-12(17)8-9-16(2)11-14-5-3-4-13(10-14)6-7-15(18)19/h3-7,10,12,17H,8-9,11H2,1-2H3,(H,18,19)/b7-6+. The van der Waals surface area contributed by atoms with Crippen molar-refractivity contribution in [2.75, 3.05) is 13.6 Å². The minimum absolute atomic E-state index is 0.285. The van der Waals surface area contributed by atoms with Crippen molar-refractivity contribution < 1.29 is 15.0 Å². The van der Waals surface area contributed by atoms with Crippen molar-refractivity contribution in [1.29, 1.82) is 0 Å². The van der Waals surface area contributed by atoms with Crippen LogP contribution in [0.2, 0.25) is 0 Å². The van der Waals surface area contributed by atoms with Gasteiger partial charge in [0.1, 0.15) is 0 Å². The molecule has 0 spiro atoms. The van der Waals surface area contributed by atoms with E-state index in [-0.39, 0.29) is 6.10 Å². The molecular weight excluding hydrogens is 242 g/mol. The molecule has 1 aromatic rings. The lowest BCUT2D eigenvalue weighted by molar-refractivity contribution is -0.131. The number of aliphatic hydroxyl groups excluding tert-OH is 1. The fraction of sp³-hybridized carbons (Fsp3) is 0.400. The molecule has 0 aliphatic carbocycles. The van der Waals surface area contributed by atoms with Gasteiger partial charge in [-0.3, -0.25) is 0 Å². The predicted octanol–water partition coefficient (Wildman–Crippen LogP) is 1.99. The first-order valence-corrected chi connectivity index (χ1v) is 6.34. The lowest BCUT2D eigenvalue weighted by Gasteiger charge is -2.17. The first-order chi connectivity index (χ1) is 8.97. The highest BCUT2D eigenvalue weighted by Crippen LogP contribution is 2.09. The SMILES string of the molecule is CC(O)CCN(C)Cc1cccc(/C=C/C(=O)O)c1. The third kappa shape index (κ3) is 6.74. The van der Waals surface area contributed by atoms with Gasteiger partial charge < -0.3 is 15.1 Å². The molecule has 2 N–H and O–H groups in total. The first-order valence-electron chi connectivity index (χ1n) is 6.34. The van der Waals surface area contributed by atoms with E-state index in [2.05, 4.69) is 4.90 Å². The van der Waals surface area contributed by atoms with Gasteiger partial charge in [0.2, 0.25) is 0 Å². The molecule has 0 radical (unpaired) electrons. The number of aliphatic hydroxyl groups is 1. The Morgan fingerprint density at radius 1 is 1.47 bits per heavy atom. The number of hydrogen-bond acceptors (Lipinski definition) is 3. The van der Waals surface area contributed by atoms with Crippen molar-refractivity contribution in [3.8, 4) is 0 Å². The van der Waals surface area contributed by atoms with E-state index in [1.807, 2.05) is 31.3 Å². The first kappa shape index (κ1) is 15.4. The Morgan fingerprint density at radius 2 is 2.21 bits per heavy atom. The van der Waals surface area contributed by atoms with Crippen LogP contribution < -0.4 is 0 Å². The Kier molecular flexibility index (Phi) is 6.25. The molecule has 1 aromatic carbocycles. The van der Waals surface area contributed by atoms with Gasteiger partial charge in [-0.25, -0.2) is 4.79 Å². The van der Waals surface area contributed by atoms with Gasteiger partial charge >= 0.3 is 5.97 Å². The average molecular weight is 263 g/mol. The Labute approximate surface area is 114 Å². The van der Waals surface area contributed by atoms with Crippen molar-refractivity contribution in [2.24, 2.45) is 0 Å². The van der Waals surface area contributed by atoms with Crippen molar-refractivity contribution in [2.45, 2.75) is 26.0 Å². The quantitative estimate of drug-likeness (QED) is 0.739. The molecule has 0 fully saturated rings. The number of rotatable bonds is 7. The predicted molar refractivity (Wildman–Crippen MR) is 75.7 cm³/mol. The number of hydrogen-bond donors (Lipinski definition) is 2. The summed E-state index contributed by atoms with van der Waals surface area (Å²) in [5.41, 5.74) is 2.00. The molecule has 0 bridgehead atoms. The van der Waals surface area contributed by atoms with Gasteiger partial charge in [0.05, 0.1) is 6.10 Å². The van der Waals surface area contributed by atoms with Crippen LogP contribution in [-0.2, 0) is 11.3 Å². The van der Waals surface area contributed by atoms with Crippen LogP contribution in [0, 0.1) is 0 Å². The van der Waals surface area contributed by atoms with E-state index in [0.29, 0.717) is 0 Å². The summed E-state index contributed by atoms with van der Waals surface area (Å²) in [5.74, 6) is -0.945. The zero-order chi connectivity index (χ0) is 14.3. The molecule has 0 heterocycles. The van der Waals surface area contributed by atoms with Crippen LogP contribution in [0.25, 0.3) is 6.08 Å². The molecule has 4 heteroatoms. The summed E-state index contributed by atoms with van der Waals surface area (Å²) in [6.07, 6.45) is 3.18. The van der Waals surface area contributed by atoms with E-state index >= 15 is 0 Å². The second-order valence-corrected chi connectivity index (χ2v) is 4.79. The molecule has 1 rings (SSSR count). The fourth-order valence-corrected chi connectivity index (χ4v) is 1.76. The summed E-state index contributed by atoms with van der Waals surface area (Å²) in [6.45, 7) is 3.39. The molecular formula is C15H21NO3. The third-order valence-corrected chi connectivity index (χ3v) is 2.75. The number of carboxylic acid groups (broad SMARTS) is 1. The minimum Gasteiger partial charge on any atom is -0.478 e. The highest BCUT2D eigenvalue weighted by Gasteiger charge is 2.03. The lowest BCUT2D eigenvalue weighted by atomic mass is 10.1. The van der Waals surface area contributed by atoms with Gasteiger partial charge in [-0.05, 0) is 37.6 Å². The average Bonchev–Trinajstić information content (AvgIpc) is 2.34. The number of aliphatic carboxylic acids is 1. The van der Waals surface area contributed by atoms with E-state index in [4.69, 9.17) is 5.11 Å². The van der Waals surface area contributed by atoms with Gasteiger partial charge in [-0.1, -0.05) is 24.3 Å². The Hall–Kier alpha value is -1.65. The smallest absolute Gasteiger partial charge is 0.328 e. The Morgan fingerprint density at radius 3 is 2.84 bits per heavy atom. The summed E-state index contributed by atoms with van der Waals surface area (Å²) in [4.78, 5) is 12.6. The maximum absolute atomic E-state index is 10.5. The fourth-order valence-electron chi connectivity index (χ4n) is 1.76. The summed E-state index contributed by atoms with van der Waals surface area (Å²) in [6, 6.07) is 7.77. The number of benzene rings is 1. The van der Waals surface area contributed by atoms with E-state index in [1.165, 1.54) is 0 Å². The Balaban J connectivity index is 2.59. The molecule has 0 aromatic heterocycles. The summed E-state index contributed by atoms with van der Waals surface area (Å²) in [5, 5.41) is 17.8. The molecule has 0 saturated heterocycles. The normalized spacial score (nSPS) is 13.1. The van der Waals surface area contributed by atoms with Crippen LogP contribution in [0.3, 0.4) is 0 Å². The van der Waals surface area contributed by atoms with Crippen LogP contribution in [-0.4, -0.2) is 40.8 Å². The van der Waals surface area contributed by atoms with E-state index in [9.17, 15) is 9.90 Å². The van der Waals surface area contributed by atoms with E-state index in [1.54, 1.807) is 13.0 Å². The van der Waals surface area contributed by atoms with Gasteiger partial charge in [0.25, 0.3) is 0 Å². The molecule has 19 heavy (non-hydrogen) atoms. The minimum atomic E-state index is -0.945. The molecule has 0 saturated carbocycles. The molecule has 0 amide bonds. The molecule has 0 aliphatic heterocycles. The zero-order valence-corrected chi connectivity index (χ0v) is 11.4. The second-order valence-electron chi connectivity index (χ2n) is 4.79. The van der Waals surface area contributed by atoms with E-state index < -0.39 is 5.97 Å². The monoisotopic (exact) mass is 263 g/mol. The van der Waals surface area contributed by atoms with Crippen LogP contribution in [0.1, 0.15) is 24.5 Å². The maximum Gasteiger partial charge on any atom is 0.328 e. The molecule has 1 atom stereocenters. The highest BCUT2D eigenvalue weighted by molar-refractivity contribution is 5.85. The summed E-state index contributed by atoms with van der Waals surface area (Å²) >= 11 is 0. The number of carbonyl (C=O) groups is 1. The van der Waals surface area contributed by atoms with Crippen LogP contribution in [0.4, 0.5) is 0 Å². The largest absolute Gasteiger partial charge is 0.478 e. The zero-order valence-electron chi connectivity index (χ0n) is 11.4. The lowest BCUT2D eigenvalue weighted by Crippen LogP contribution is -2.22. The Bertz CT molecular complexity index is 441. The third-order valence-electron chi connectivity index (χ3n) is 2.75. The topological polar surface area (TPSA) is 60.8 Å². The highest BCUT2D eigenvalue weighted by atomic mass is 16.4. The number of carboxylic acids is 1. The van der Waals surface area contributed by atoms with Crippen LogP contribution >= 0.6 is 0 Å². The van der Waals surface area contributed by atoms with Gasteiger partial charge in [-0.2, -0.15) is 0 Å². The van der Waals surface area contributed by atoms with Crippen LogP contribution in [0.15, 0.2) is 30.3 Å². The molecule has 4 nitrogen and oxygen atoms in total. The molecule has 1 unspecified atom stereocenters. The van der Waals surface area contributed by atoms with Crippen LogP contribution in [0.5, 0.6) is 0 Å². The second kappa shape index (κ2) is 7.71. The van der Waals surface area contributed by atoms with E-state index in [0.717, 1.165) is 36.7 Å². The van der Waals surface area contributed by atoms with Gasteiger partial charge in [0.15, 0.2) is 0 Å². The molecule has 104 valence electrons. The number of nitrogens with zero attached hydrogens (tertiary/aromatic N) is 1. The van der Waals surface area contributed by atoms with Crippen molar-refractivity contribution in [3.05, 3.63) is 41.5 Å². The van der Waals surface area contributed by atoms with Crippen molar-refractivity contribution in [3.63, 3.8) is 0 Å². The summed E-state index contributed by atoms with van der Waals surface area (Å²) in [7, 11) is 2.00.